The number of Topliss-reactive ketones (excluding diaryl/α,β-unsaturated/α-hetero) is 1. The highest BCUT2D eigenvalue weighted by atomic mass is 16.5. The van der Waals surface area contributed by atoms with Gasteiger partial charge in [0.2, 0.25) is 0 Å². The lowest BCUT2D eigenvalue weighted by Crippen LogP contribution is -2.28. The number of carbonyl (C=O) groups excluding carboxylic acids is 1. The Bertz CT molecular complexity index is 470. The average molecular weight is 261 g/mol. The number of rotatable bonds is 3. The maximum atomic E-state index is 11.3. The summed E-state index contributed by atoms with van der Waals surface area (Å²) >= 11 is 0. The molecule has 2 N–H and O–H groups in total. The summed E-state index contributed by atoms with van der Waals surface area (Å²) in [5, 5.41) is 0. The molecule has 1 aliphatic carbocycles. The molecular weight excluding hydrogens is 238 g/mol. The summed E-state index contributed by atoms with van der Waals surface area (Å²) in [6.45, 7) is 6.12. The minimum Gasteiger partial charge on any atom is -0.490 e. The SMILES string of the molecule is CC(=O)c1ccc(OC2CCC(C)C(C)C2)cc1N. The molecule has 0 aromatic heterocycles. The van der Waals surface area contributed by atoms with Crippen molar-refractivity contribution in [3.63, 3.8) is 0 Å². The molecule has 1 aromatic carbocycles. The zero-order chi connectivity index (χ0) is 14.0. The van der Waals surface area contributed by atoms with Crippen molar-refractivity contribution in [3.8, 4) is 5.75 Å². The maximum Gasteiger partial charge on any atom is 0.161 e. The molecule has 3 unspecified atom stereocenters. The number of ether oxygens (including phenoxy) is 1. The Kier molecular flexibility index (Phi) is 4.13. The van der Waals surface area contributed by atoms with Gasteiger partial charge in [-0.1, -0.05) is 13.8 Å². The van der Waals surface area contributed by atoms with E-state index in [1.54, 1.807) is 12.1 Å². The summed E-state index contributed by atoms with van der Waals surface area (Å²) in [5.41, 5.74) is 6.95. The van der Waals surface area contributed by atoms with E-state index in [0.717, 1.165) is 24.5 Å². The van der Waals surface area contributed by atoms with Gasteiger partial charge in [0.1, 0.15) is 5.75 Å². The van der Waals surface area contributed by atoms with Crippen LogP contribution in [-0.2, 0) is 0 Å². The van der Waals surface area contributed by atoms with Gasteiger partial charge in [-0.25, -0.2) is 0 Å². The van der Waals surface area contributed by atoms with Crippen molar-refractivity contribution in [2.75, 3.05) is 5.73 Å². The molecule has 3 heteroatoms. The quantitative estimate of drug-likeness (QED) is 0.667. The zero-order valence-electron chi connectivity index (χ0n) is 12.0. The summed E-state index contributed by atoms with van der Waals surface area (Å²) in [6.07, 6.45) is 3.68. The molecule has 0 bridgehead atoms. The number of carbonyl (C=O) groups is 1. The monoisotopic (exact) mass is 261 g/mol. The molecular formula is C16H23NO2. The molecule has 3 atom stereocenters. The Labute approximate surface area is 115 Å². The van der Waals surface area contributed by atoms with Crippen LogP contribution in [0.4, 0.5) is 5.69 Å². The minimum atomic E-state index is -0.0100. The van der Waals surface area contributed by atoms with Crippen molar-refractivity contribution in [1.29, 1.82) is 0 Å². The van der Waals surface area contributed by atoms with Crippen molar-refractivity contribution < 1.29 is 9.53 Å². The molecule has 0 spiro atoms. The number of nitrogen functional groups attached to an aromatic ring is 1. The fourth-order valence-electron chi connectivity index (χ4n) is 2.73. The first-order valence-electron chi connectivity index (χ1n) is 7.04. The lowest BCUT2D eigenvalue weighted by molar-refractivity contribution is 0.100. The Morgan fingerprint density at radius 3 is 2.58 bits per heavy atom. The summed E-state index contributed by atoms with van der Waals surface area (Å²) < 4.78 is 6.00. The molecule has 1 saturated carbocycles. The summed E-state index contributed by atoms with van der Waals surface area (Å²) in [4.78, 5) is 11.3. The van der Waals surface area contributed by atoms with Crippen LogP contribution in [0.25, 0.3) is 0 Å². The van der Waals surface area contributed by atoms with Gasteiger partial charge >= 0.3 is 0 Å². The second kappa shape index (κ2) is 5.64. The second-order valence-electron chi connectivity index (χ2n) is 5.81. The highest BCUT2D eigenvalue weighted by molar-refractivity contribution is 5.99. The van der Waals surface area contributed by atoms with Crippen LogP contribution in [0.2, 0.25) is 0 Å². The third-order valence-corrected chi connectivity index (χ3v) is 4.26. The van der Waals surface area contributed by atoms with E-state index < -0.39 is 0 Å². The van der Waals surface area contributed by atoms with Gasteiger partial charge < -0.3 is 10.5 Å². The Balaban J connectivity index is 2.04. The Morgan fingerprint density at radius 1 is 1.26 bits per heavy atom. The predicted octanol–water partition coefficient (Wildman–Crippen LogP) is 3.67. The molecule has 0 amide bonds. The summed E-state index contributed by atoms with van der Waals surface area (Å²) in [5.74, 6) is 2.25. The first kappa shape index (κ1) is 13.9. The first-order chi connectivity index (χ1) is 8.97. The van der Waals surface area contributed by atoms with Crippen LogP contribution in [0, 0.1) is 11.8 Å². The fourth-order valence-corrected chi connectivity index (χ4v) is 2.73. The smallest absolute Gasteiger partial charge is 0.161 e. The largest absolute Gasteiger partial charge is 0.490 e. The molecule has 1 aromatic rings. The molecule has 19 heavy (non-hydrogen) atoms. The van der Waals surface area contributed by atoms with Crippen molar-refractivity contribution >= 4 is 11.5 Å². The van der Waals surface area contributed by atoms with Crippen LogP contribution in [0.15, 0.2) is 18.2 Å². The van der Waals surface area contributed by atoms with E-state index in [-0.39, 0.29) is 11.9 Å². The first-order valence-corrected chi connectivity index (χ1v) is 7.04. The lowest BCUT2D eigenvalue weighted by atomic mass is 9.80. The van der Waals surface area contributed by atoms with Gasteiger partial charge in [-0.3, -0.25) is 4.79 Å². The second-order valence-corrected chi connectivity index (χ2v) is 5.81. The van der Waals surface area contributed by atoms with E-state index in [1.807, 2.05) is 6.07 Å². The van der Waals surface area contributed by atoms with Gasteiger partial charge in [0.15, 0.2) is 5.78 Å². The van der Waals surface area contributed by atoms with Gasteiger partial charge in [-0.2, -0.15) is 0 Å². The molecule has 1 aliphatic rings. The number of hydrogen-bond donors (Lipinski definition) is 1. The highest BCUT2D eigenvalue weighted by Crippen LogP contribution is 2.32. The summed E-state index contributed by atoms with van der Waals surface area (Å²) in [7, 11) is 0. The predicted molar refractivity (Wildman–Crippen MR) is 77.5 cm³/mol. The molecule has 1 fully saturated rings. The topological polar surface area (TPSA) is 52.3 Å². The van der Waals surface area contributed by atoms with E-state index in [4.69, 9.17) is 10.5 Å². The van der Waals surface area contributed by atoms with Gasteiger partial charge in [-0.15, -0.1) is 0 Å². The number of hydrogen-bond acceptors (Lipinski definition) is 3. The molecule has 3 nitrogen and oxygen atoms in total. The van der Waals surface area contributed by atoms with Gasteiger partial charge in [0.25, 0.3) is 0 Å². The minimum absolute atomic E-state index is 0.0100. The molecule has 0 saturated heterocycles. The lowest BCUT2D eigenvalue weighted by Gasteiger charge is -2.32. The van der Waals surface area contributed by atoms with E-state index >= 15 is 0 Å². The van der Waals surface area contributed by atoms with Crippen molar-refractivity contribution in [2.45, 2.75) is 46.1 Å². The molecule has 0 radical (unpaired) electrons. The average Bonchev–Trinajstić information content (AvgIpc) is 2.33. The Morgan fingerprint density at radius 2 is 2.00 bits per heavy atom. The van der Waals surface area contributed by atoms with Crippen LogP contribution in [0.3, 0.4) is 0 Å². The van der Waals surface area contributed by atoms with Crippen LogP contribution >= 0.6 is 0 Å². The number of ketones is 1. The van der Waals surface area contributed by atoms with Crippen LogP contribution < -0.4 is 10.5 Å². The third-order valence-electron chi connectivity index (χ3n) is 4.26. The number of benzene rings is 1. The zero-order valence-corrected chi connectivity index (χ0v) is 12.0. The number of anilines is 1. The third kappa shape index (κ3) is 3.28. The van der Waals surface area contributed by atoms with Gasteiger partial charge in [-0.05, 0) is 50.2 Å². The van der Waals surface area contributed by atoms with Crippen LogP contribution in [0.1, 0.15) is 50.4 Å². The van der Waals surface area contributed by atoms with Gasteiger partial charge in [0.05, 0.1) is 6.10 Å². The molecule has 2 rings (SSSR count). The standard InChI is InChI=1S/C16H23NO2/c1-10-4-5-13(8-11(10)2)19-14-6-7-15(12(3)18)16(17)9-14/h6-7,9-11,13H,4-5,8,17H2,1-3H3. The highest BCUT2D eigenvalue weighted by Gasteiger charge is 2.25. The van der Waals surface area contributed by atoms with Crippen molar-refractivity contribution in [1.82, 2.24) is 0 Å². The van der Waals surface area contributed by atoms with Gasteiger partial charge in [0, 0.05) is 17.3 Å². The van der Waals surface area contributed by atoms with E-state index in [0.29, 0.717) is 17.2 Å². The summed E-state index contributed by atoms with van der Waals surface area (Å²) in [6, 6.07) is 5.36. The van der Waals surface area contributed by atoms with Crippen LogP contribution in [0.5, 0.6) is 5.75 Å². The maximum absolute atomic E-state index is 11.3. The Hall–Kier alpha value is -1.51. The van der Waals surface area contributed by atoms with E-state index in [2.05, 4.69) is 13.8 Å². The normalized spacial score (nSPS) is 27.0. The fraction of sp³-hybridized carbons (Fsp3) is 0.562. The molecule has 104 valence electrons. The van der Waals surface area contributed by atoms with E-state index in [1.165, 1.54) is 13.3 Å². The van der Waals surface area contributed by atoms with Crippen LogP contribution in [-0.4, -0.2) is 11.9 Å². The number of nitrogens with two attached hydrogens (primary N) is 1. The van der Waals surface area contributed by atoms with Crippen molar-refractivity contribution in [2.24, 2.45) is 11.8 Å². The molecule has 0 heterocycles. The molecule has 0 aliphatic heterocycles. The van der Waals surface area contributed by atoms with Crippen molar-refractivity contribution in [3.05, 3.63) is 23.8 Å². The van der Waals surface area contributed by atoms with E-state index in [9.17, 15) is 4.79 Å².